The minimum absolute atomic E-state index is 0.172. The number of rotatable bonds is 3. The van der Waals surface area contributed by atoms with Gasteiger partial charge in [-0.15, -0.1) is 0 Å². The van der Waals surface area contributed by atoms with Crippen LogP contribution in [0.25, 0.3) is 0 Å². The molecular weight excluding hydrogens is 304 g/mol. The number of nitrogens with zero attached hydrogens (tertiary/aromatic N) is 1. The molecule has 1 saturated carbocycles. The number of likely N-dealkylation sites (tertiary alicyclic amines) is 1. The highest BCUT2D eigenvalue weighted by Crippen LogP contribution is 2.59. The lowest BCUT2D eigenvalue weighted by atomic mass is 9.89. The normalized spacial score (nSPS) is 23.6. The zero-order valence-corrected chi connectivity index (χ0v) is 12.9. The van der Waals surface area contributed by atoms with Crippen LogP contribution in [0.5, 0.6) is 0 Å². The van der Waals surface area contributed by atoms with Gasteiger partial charge in [0.15, 0.2) is 0 Å². The van der Waals surface area contributed by atoms with Crippen LogP contribution in [-0.4, -0.2) is 35.0 Å². The number of piperidine rings is 1. The highest BCUT2D eigenvalue weighted by molar-refractivity contribution is 5.83. The average molecular weight is 323 g/mol. The predicted molar refractivity (Wildman–Crippen MR) is 78.8 cm³/mol. The van der Waals surface area contributed by atoms with Crippen LogP contribution < -0.4 is 0 Å². The van der Waals surface area contributed by atoms with Gasteiger partial charge in [0.2, 0.25) is 5.91 Å². The van der Waals surface area contributed by atoms with Crippen molar-refractivity contribution in [3.8, 4) is 0 Å². The summed E-state index contributed by atoms with van der Waals surface area (Å²) in [6.45, 7) is 2.40. The Balaban J connectivity index is 1.67. The van der Waals surface area contributed by atoms with Crippen molar-refractivity contribution in [3.05, 3.63) is 35.4 Å². The number of hydrogen-bond donors (Lipinski definition) is 1. The molecule has 1 N–H and O–H groups in total. The van der Waals surface area contributed by atoms with Crippen molar-refractivity contribution in [1.82, 2.24) is 4.90 Å². The molecule has 0 bridgehead atoms. The Bertz CT molecular complexity index is 633. The Kier molecular flexibility index (Phi) is 3.86. The first-order valence-electron chi connectivity index (χ1n) is 7.81. The number of carboxylic acids is 1. The van der Waals surface area contributed by atoms with E-state index in [9.17, 15) is 18.4 Å². The van der Waals surface area contributed by atoms with Gasteiger partial charge < -0.3 is 10.0 Å². The second-order valence-corrected chi connectivity index (χ2v) is 6.64. The molecule has 0 radical (unpaired) electrons. The third-order valence-electron chi connectivity index (χ3n) is 5.36. The molecular formula is C17H19F2NO3. The van der Waals surface area contributed by atoms with Gasteiger partial charge in [0.05, 0.1) is 11.8 Å². The van der Waals surface area contributed by atoms with Gasteiger partial charge >= 0.3 is 5.97 Å². The largest absolute Gasteiger partial charge is 0.481 e. The fourth-order valence-corrected chi connectivity index (χ4v) is 3.74. The van der Waals surface area contributed by atoms with Gasteiger partial charge in [0.25, 0.3) is 0 Å². The molecule has 3 rings (SSSR count). The summed E-state index contributed by atoms with van der Waals surface area (Å²) >= 11 is 0. The monoisotopic (exact) mass is 323 g/mol. The zero-order valence-electron chi connectivity index (χ0n) is 12.9. The molecule has 1 amide bonds. The van der Waals surface area contributed by atoms with Crippen molar-refractivity contribution >= 4 is 11.9 Å². The first-order chi connectivity index (χ1) is 10.9. The van der Waals surface area contributed by atoms with E-state index in [1.54, 1.807) is 4.90 Å². The van der Waals surface area contributed by atoms with Gasteiger partial charge in [0.1, 0.15) is 11.6 Å². The molecule has 1 aromatic carbocycles. The van der Waals surface area contributed by atoms with Crippen molar-refractivity contribution < 1.29 is 23.5 Å². The molecule has 2 aliphatic rings. The fourth-order valence-electron chi connectivity index (χ4n) is 3.74. The standard InChI is InChI=1S/C17H19F2NO3/c1-10(14-12(18)3-2-4-13(14)19)15(21)20-7-5-17(6-8-20)9-11(17)16(22)23/h2-4,10-11H,5-9H2,1H3,(H,22,23). The molecule has 6 heteroatoms. The molecule has 4 nitrogen and oxygen atoms in total. The van der Waals surface area contributed by atoms with E-state index in [1.807, 2.05) is 0 Å². The van der Waals surface area contributed by atoms with Crippen LogP contribution in [-0.2, 0) is 9.59 Å². The van der Waals surface area contributed by atoms with Crippen LogP contribution in [0.2, 0.25) is 0 Å². The number of aliphatic carboxylic acids is 1. The van der Waals surface area contributed by atoms with E-state index in [0.29, 0.717) is 32.4 Å². The molecule has 1 aromatic rings. The number of carbonyl (C=O) groups excluding carboxylic acids is 1. The molecule has 1 saturated heterocycles. The number of amides is 1. The predicted octanol–water partition coefficient (Wildman–Crippen LogP) is 2.78. The molecule has 2 atom stereocenters. The lowest BCUT2D eigenvalue weighted by Gasteiger charge is -2.34. The molecule has 2 unspecified atom stereocenters. The maximum absolute atomic E-state index is 13.8. The SMILES string of the molecule is CC(C(=O)N1CCC2(CC1)CC2C(=O)O)c1c(F)cccc1F. The highest BCUT2D eigenvalue weighted by atomic mass is 19.1. The Hall–Kier alpha value is -1.98. The fraction of sp³-hybridized carbons (Fsp3) is 0.529. The molecule has 23 heavy (non-hydrogen) atoms. The zero-order chi connectivity index (χ0) is 16.8. The maximum atomic E-state index is 13.8. The molecule has 2 fully saturated rings. The summed E-state index contributed by atoms with van der Waals surface area (Å²) in [7, 11) is 0. The number of carboxylic acid groups (broad SMARTS) is 1. The van der Waals surface area contributed by atoms with E-state index in [0.717, 1.165) is 12.1 Å². The molecule has 1 heterocycles. The minimum atomic E-state index is -0.889. The van der Waals surface area contributed by atoms with Gasteiger partial charge in [-0.1, -0.05) is 6.07 Å². The van der Waals surface area contributed by atoms with Crippen molar-refractivity contribution in [3.63, 3.8) is 0 Å². The van der Waals surface area contributed by atoms with Crippen LogP contribution in [0.15, 0.2) is 18.2 Å². The summed E-state index contributed by atoms with van der Waals surface area (Å²) in [6, 6.07) is 3.57. The molecule has 1 spiro atoms. The summed E-state index contributed by atoms with van der Waals surface area (Å²) in [5, 5.41) is 9.08. The van der Waals surface area contributed by atoms with Crippen molar-refractivity contribution in [2.45, 2.75) is 32.1 Å². The van der Waals surface area contributed by atoms with E-state index < -0.39 is 23.5 Å². The molecule has 1 aliphatic heterocycles. The van der Waals surface area contributed by atoms with Gasteiger partial charge in [-0.25, -0.2) is 8.78 Å². The third kappa shape index (κ3) is 2.71. The van der Waals surface area contributed by atoms with E-state index in [-0.39, 0.29) is 22.8 Å². The first-order valence-corrected chi connectivity index (χ1v) is 7.81. The van der Waals surface area contributed by atoms with Crippen LogP contribution in [0.3, 0.4) is 0 Å². The lowest BCUT2D eigenvalue weighted by Crippen LogP contribution is -2.42. The van der Waals surface area contributed by atoms with Crippen LogP contribution in [0, 0.1) is 23.0 Å². The summed E-state index contributed by atoms with van der Waals surface area (Å²) in [5.74, 6) is -3.70. The summed E-state index contributed by atoms with van der Waals surface area (Å²) < 4.78 is 27.7. The second kappa shape index (κ2) is 5.58. The maximum Gasteiger partial charge on any atom is 0.307 e. The molecule has 0 aromatic heterocycles. The van der Waals surface area contributed by atoms with E-state index in [2.05, 4.69) is 0 Å². The average Bonchev–Trinajstić information content (AvgIpc) is 3.21. The lowest BCUT2D eigenvalue weighted by molar-refractivity contribution is -0.140. The Morgan fingerprint density at radius 3 is 2.30 bits per heavy atom. The number of hydrogen-bond acceptors (Lipinski definition) is 2. The Morgan fingerprint density at radius 1 is 1.26 bits per heavy atom. The quantitative estimate of drug-likeness (QED) is 0.930. The number of carbonyl (C=O) groups is 2. The minimum Gasteiger partial charge on any atom is -0.481 e. The summed E-state index contributed by atoms with van der Waals surface area (Å²) in [4.78, 5) is 25.2. The Labute approximate surface area is 133 Å². The van der Waals surface area contributed by atoms with Gasteiger partial charge in [-0.05, 0) is 43.7 Å². The summed E-state index contributed by atoms with van der Waals surface area (Å²) in [6.07, 6.45) is 1.95. The smallest absolute Gasteiger partial charge is 0.307 e. The van der Waals surface area contributed by atoms with Crippen LogP contribution in [0.4, 0.5) is 8.78 Å². The molecule has 1 aliphatic carbocycles. The van der Waals surface area contributed by atoms with Gasteiger partial charge in [-0.2, -0.15) is 0 Å². The van der Waals surface area contributed by atoms with E-state index in [4.69, 9.17) is 5.11 Å². The number of halogens is 2. The van der Waals surface area contributed by atoms with Gasteiger partial charge in [-0.3, -0.25) is 9.59 Å². The van der Waals surface area contributed by atoms with Crippen LogP contribution in [0.1, 0.15) is 37.7 Å². The van der Waals surface area contributed by atoms with Crippen molar-refractivity contribution in [2.24, 2.45) is 11.3 Å². The van der Waals surface area contributed by atoms with Crippen LogP contribution >= 0.6 is 0 Å². The topological polar surface area (TPSA) is 57.6 Å². The number of benzene rings is 1. The molecule has 124 valence electrons. The van der Waals surface area contributed by atoms with E-state index in [1.165, 1.54) is 13.0 Å². The van der Waals surface area contributed by atoms with Crippen molar-refractivity contribution in [2.75, 3.05) is 13.1 Å². The highest BCUT2D eigenvalue weighted by Gasteiger charge is 2.59. The van der Waals surface area contributed by atoms with E-state index >= 15 is 0 Å². The first kappa shape index (κ1) is 15.9. The van der Waals surface area contributed by atoms with Gasteiger partial charge in [0, 0.05) is 18.7 Å². The second-order valence-electron chi connectivity index (χ2n) is 6.64. The summed E-state index contributed by atoms with van der Waals surface area (Å²) in [5.41, 5.74) is -0.373. The Morgan fingerprint density at radius 2 is 1.83 bits per heavy atom. The van der Waals surface area contributed by atoms with Crippen molar-refractivity contribution in [1.29, 1.82) is 0 Å². The third-order valence-corrected chi connectivity index (χ3v) is 5.36.